The monoisotopic (exact) mass is 208 g/mol. The van der Waals surface area contributed by atoms with Crippen molar-refractivity contribution in [1.82, 2.24) is 0 Å². The van der Waals surface area contributed by atoms with Crippen LogP contribution in [0, 0.1) is 0 Å². The summed E-state index contributed by atoms with van der Waals surface area (Å²) < 4.78 is 0. The Bertz CT molecular complexity index is 385. The van der Waals surface area contributed by atoms with Gasteiger partial charge in [-0.15, -0.1) is 0 Å². The summed E-state index contributed by atoms with van der Waals surface area (Å²) in [6.07, 6.45) is 0.374. The molecule has 0 amide bonds. The van der Waals surface area contributed by atoms with Gasteiger partial charge in [0.1, 0.15) is 0 Å². The van der Waals surface area contributed by atoms with Crippen molar-refractivity contribution in [2.45, 2.75) is 29.8 Å². The third kappa shape index (κ3) is 0.862. The zero-order chi connectivity index (χ0) is 10.8. The average Bonchev–Trinajstić information content (AvgIpc) is 2.63. The molecule has 2 unspecified atom stereocenters. The molecular formula is C11H12O4. The second-order valence-corrected chi connectivity index (χ2v) is 4.42. The van der Waals surface area contributed by atoms with E-state index in [1.54, 1.807) is 12.1 Å². The topological polar surface area (TPSA) is 80.9 Å². The molecule has 1 aromatic rings. The molecule has 4 nitrogen and oxygen atoms in total. The van der Waals surface area contributed by atoms with Crippen LogP contribution in [0.4, 0.5) is 0 Å². The highest BCUT2D eigenvalue weighted by Crippen LogP contribution is 2.60. The Morgan fingerprint density at radius 3 is 1.67 bits per heavy atom. The molecule has 3 rings (SSSR count). The number of aliphatic hydroxyl groups is 4. The molecule has 1 aromatic carbocycles. The lowest BCUT2D eigenvalue weighted by Crippen LogP contribution is -2.57. The summed E-state index contributed by atoms with van der Waals surface area (Å²) >= 11 is 0. The van der Waals surface area contributed by atoms with Gasteiger partial charge >= 0.3 is 0 Å². The second kappa shape index (κ2) is 2.41. The molecular weight excluding hydrogens is 196 g/mol. The minimum Gasteiger partial charge on any atom is -0.361 e. The van der Waals surface area contributed by atoms with Crippen molar-refractivity contribution in [2.24, 2.45) is 0 Å². The molecule has 2 aliphatic rings. The normalized spacial score (nSPS) is 34.1. The Kier molecular flexibility index (Phi) is 1.50. The van der Waals surface area contributed by atoms with Crippen LogP contribution in [-0.4, -0.2) is 32.0 Å². The van der Waals surface area contributed by atoms with Gasteiger partial charge in [0.05, 0.1) is 0 Å². The average molecular weight is 208 g/mol. The van der Waals surface area contributed by atoms with Crippen LogP contribution >= 0.6 is 0 Å². The van der Waals surface area contributed by atoms with E-state index < -0.39 is 23.4 Å². The molecule has 1 fully saturated rings. The first-order chi connectivity index (χ1) is 6.96. The molecule has 0 radical (unpaired) electrons. The number of hydrogen-bond acceptors (Lipinski definition) is 4. The van der Waals surface area contributed by atoms with E-state index in [2.05, 4.69) is 0 Å². The highest BCUT2D eigenvalue weighted by Gasteiger charge is 2.68. The molecule has 0 saturated heterocycles. The zero-order valence-electron chi connectivity index (χ0n) is 7.96. The van der Waals surface area contributed by atoms with E-state index >= 15 is 0 Å². The summed E-state index contributed by atoms with van der Waals surface area (Å²) in [7, 11) is 0. The van der Waals surface area contributed by atoms with Gasteiger partial charge in [-0.3, -0.25) is 0 Å². The Labute approximate surface area is 86.4 Å². The molecule has 0 heterocycles. The van der Waals surface area contributed by atoms with E-state index in [4.69, 9.17) is 0 Å². The lowest BCUT2D eigenvalue weighted by atomic mass is 9.83. The molecule has 0 aromatic heterocycles. The highest BCUT2D eigenvalue weighted by atomic mass is 16.6. The Morgan fingerprint density at radius 2 is 1.27 bits per heavy atom. The third-order valence-electron chi connectivity index (χ3n) is 3.73. The molecule has 0 spiro atoms. The largest absolute Gasteiger partial charge is 0.361 e. The number of fused-ring (bicyclic) bond motifs is 5. The van der Waals surface area contributed by atoms with Gasteiger partial charge in [0.2, 0.25) is 11.6 Å². The Balaban J connectivity index is 2.23. The van der Waals surface area contributed by atoms with Gasteiger partial charge < -0.3 is 20.4 Å². The van der Waals surface area contributed by atoms with Gasteiger partial charge in [0.15, 0.2) is 0 Å². The Morgan fingerprint density at radius 1 is 0.867 bits per heavy atom. The van der Waals surface area contributed by atoms with Crippen molar-refractivity contribution in [2.75, 3.05) is 0 Å². The number of benzene rings is 1. The van der Waals surface area contributed by atoms with Crippen LogP contribution in [0.15, 0.2) is 24.3 Å². The SMILES string of the molecule is OC1(O)C2CC(c3ccccc32)C1(O)O. The van der Waals surface area contributed by atoms with Gasteiger partial charge in [-0.05, 0) is 17.5 Å². The van der Waals surface area contributed by atoms with Gasteiger partial charge in [-0.1, -0.05) is 24.3 Å². The molecule has 4 N–H and O–H groups in total. The van der Waals surface area contributed by atoms with Crippen LogP contribution < -0.4 is 0 Å². The summed E-state index contributed by atoms with van der Waals surface area (Å²) in [5.74, 6) is -6.08. The fourth-order valence-electron chi connectivity index (χ4n) is 2.91. The molecule has 4 heteroatoms. The zero-order valence-corrected chi connectivity index (χ0v) is 7.96. The van der Waals surface area contributed by atoms with Crippen molar-refractivity contribution in [3.63, 3.8) is 0 Å². The molecule has 1 saturated carbocycles. The van der Waals surface area contributed by atoms with Crippen molar-refractivity contribution in [1.29, 1.82) is 0 Å². The van der Waals surface area contributed by atoms with Crippen LogP contribution in [0.25, 0.3) is 0 Å². The van der Waals surface area contributed by atoms with E-state index in [1.165, 1.54) is 0 Å². The first-order valence-electron chi connectivity index (χ1n) is 4.94. The smallest absolute Gasteiger partial charge is 0.226 e. The quantitative estimate of drug-likeness (QED) is 0.439. The van der Waals surface area contributed by atoms with Crippen LogP contribution in [0.1, 0.15) is 29.4 Å². The molecule has 2 bridgehead atoms. The first kappa shape index (κ1) is 9.30. The minimum absolute atomic E-state index is 0.374. The third-order valence-corrected chi connectivity index (χ3v) is 3.73. The summed E-state index contributed by atoms with van der Waals surface area (Å²) in [4.78, 5) is 0. The van der Waals surface area contributed by atoms with Crippen molar-refractivity contribution in [3.8, 4) is 0 Å². The van der Waals surface area contributed by atoms with E-state index in [0.717, 1.165) is 11.1 Å². The molecule has 15 heavy (non-hydrogen) atoms. The van der Waals surface area contributed by atoms with Crippen LogP contribution in [0.3, 0.4) is 0 Å². The maximum absolute atomic E-state index is 9.71. The molecule has 2 atom stereocenters. The van der Waals surface area contributed by atoms with Crippen molar-refractivity contribution >= 4 is 0 Å². The summed E-state index contributed by atoms with van der Waals surface area (Å²) in [6.45, 7) is 0. The number of hydrogen-bond donors (Lipinski definition) is 4. The molecule has 80 valence electrons. The molecule has 0 aliphatic heterocycles. The minimum atomic E-state index is -2.44. The van der Waals surface area contributed by atoms with Crippen LogP contribution in [-0.2, 0) is 0 Å². The second-order valence-electron chi connectivity index (χ2n) is 4.42. The van der Waals surface area contributed by atoms with Crippen molar-refractivity contribution in [3.05, 3.63) is 35.4 Å². The van der Waals surface area contributed by atoms with E-state index in [-0.39, 0.29) is 0 Å². The maximum atomic E-state index is 9.71. The van der Waals surface area contributed by atoms with E-state index in [1.807, 2.05) is 12.1 Å². The summed E-state index contributed by atoms with van der Waals surface area (Å²) in [6, 6.07) is 7.23. The van der Waals surface area contributed by atoms with Gasteiger partial charge in [-0.2, -0.15) is 0 Å². The highest BCUT2D eigenvalue weighted by molar-refractivity contribution is 5.46. The standard InChI is InChI=1S/C11H12O4/c12-10(13)8-5-9(11(10,14)15)7-4-2-1-3-6(7)8/h1-4,8-9,12-15H,5H2. The lowest BCUT2D eigenvalue weighted by Gasteiger charge is -2.39. The van der Waals surface area contributed by atoms with Crippen molar-refractivity contribution < 1.29 is 20.4 Å². The predicted octanol–water partition coefficient (Wildman–Crippen LogP) is -0.367. The number of rotatable bonds is 0. The van der Waals surface area contributed by atoms with Gasteiger partial charge in [-0.25, -0.2) is 0 Å². The predicted molar refractivity (Wildman–Crippen MR) is 50.9 cm³/mol. The Hall–Kier alpha value is -0.940. The van der Waals surface area contributed by atoms with Crippen LogP contribution in [0.2, 0.25) is 0 Å². The fourth-order valence-corrected chi connectivity index (χ4v) is 2.91. The van der Waals surface area contributed by atoms with E-state index in [0.29, 0.717) is 6.42 Å². The van der Waals surface area contributed by atoms with E-state index in [9.17, 15) is 20.4 Å². The first-order valence-corrected chi connectivity index (χ1v) is 4.94. The van der Waals surface area contributed by atoms with Gasteiger partial charge in [0.25, 0.3) is 0 Å². The molecule has 2 aliphatic carbocycles. The lowest BCUT2D eigenvalue weighted by molar-refractivity contribution is -0.353. The fraction of sp³-hybridized carbons (Fsp3) is 0.455. The summed E-state index contributed by atoms with van der Waals surface area (Å²) in [5, 5.41) is 38.9. The van der Waals surface area contributed by atoms with Crippen LogP contribution in [0.5, 0.6) is 0 Å². The summed E-state index contributed by atoms with van der Waals surface area (Å²) in [5.41, 5.74) is 1.62. The maximum Gasteiger partial charge on any atom is 0.226 e. The van der Waals surface area contributed by atoms with Gasteiger partial charge in [0, 0.05) is 11.8 Å².